The molecule has 7 aromatic rings. The summed E-state index contributed by atoms with van der Waals surface area (Å²) < 4.78 is 216. The molecule has 7 heterocycles. The number of imide groups is 2. The molecule has 0 saturated carbocycles. The smallest absolute Gasteiger partial charge is 0.378 e. The largest absolute Gasteiger partial charge is 0.460 e. The van der Waals surface area contributed by atoms with Gasteiger partial charge in [-0.2, -0.15) is 65.9 Å². The summed E-state index contributed by atoms with van der Waals surface area (Å²) in [5, 5.41) is 11.7. The summed E-state index contributed by atoms with van der Waals surface area (Å²) in [6.45, 7) is -1.56. The van der Waals surface area contributed by atoms with Gasteiger partial charge >= 0.3 is 41.7 Å². The highest BCUT2D eigenvalue weighted by molar-refractivity contribution is 7.28. The molecule has 2 aliphatic rings. The van der Waals surface area contributed by atoms with Crippen molar-refractivity contribution >= 4 is 79.7 Å². The first-order valence-electron chi connectivity index (χ1n) is 24.4. The zero-order valence-corrected chi connectivity index (χ0v) is 44.8. The van der Waals surface area contributed by atoms with Crippen molar-refractivity contribution < 1.29 is 89.8 Å². The third-order valence-corrected chi connectivity index (χ3v) is 18.3. The molecule has 29 heteroatoms. The van der Waals surface area contributed by atoms with E-state index in [2.05, 4.69) is 52.9 Å². The number of alkyl halides is 15. The molecule has 0 spiro atoms. The lowest BCUT2D eigenvalue weighted by Crippen LogP contribution is -2.73. The number of hydrogen-bond acceptors (Lipinski definition) is 11. The van der Waals surface area contributed by atoms with E-state index in [0.29, 0.717) is 30.7 Å². The van der Waals surface area contributed by atoms with Crippen molar-refractivity contribution in [2.45, 2.75) is 100 Å². The van der Waals surface area contributed by atoms with Gasteiger partial charge in [-0.15, -0.1) is 50.4 Å². The normalized spacial score (nSPS) is 14.9. The van der Waals surface area contributed by atoms with Crippen molar-refractivity contribution in [1.82, 2.24) is 24.8 Å². The number of ether oxygens (including phenoxy) is 1. The maximum Gasteiger partial charge on any atom is 0.460 e. The van der Waals surface area contributed by atoms with Crippen LogP contribution in [0, 0.1) is 0 Å². The van der Waals surface area contributed by atoms with Gasteiger partial charge in [0.25, 0.3) is 23.6 Å². The molecular weight excluding hydrogens is 1190 g/mol. The number of benzene rings is 2. The monoisotopic (exact) mass is 1230 g/mol. The molecule has 0 aliphatic carbocycles. The molecule has 2 aliphatic heterocycles. The lowest BCUT2D eigenvalue weighted by Gasteiger charge is -2.42. The zero-order valence-electron chi connectivity index (χ0n) is 41.6. The number of aromatic nitrogens is 3. The Balaban J connectivity index is 0.831. The van der Waals surface area contributed by atoms with Crippen molar-refractivity contribution in [3.05, 3.63) is 117 Å². The van der Waals surface area contributed by atoms with Crippen molar-refractivity contribution in [3.8, 4) is 29.3 Å². The minimum Gasteiger partial charge on any atom is -0.378 e. The summed E-state index contributed by atoms with van der Waals surface area (Å²) in [6, 6.07) is 15.9. The number of carbonyl (C=O) groups is 4. The van der Waals surface area contributed by atoms with E-state index in [1.54, 1.807) is 44.9 Å². The molecule has 9 rings (SSSR count). The van der Waals surface area contributed by atoms with Crippen molar-refractivity contribution in [2.24, 2.45) is 0 Å². The average Bonchev–Trinajstić information content (AvgIpc) is 4.47. The summed E-state index contributed by atoms with van der Waals surface area (Å²) in [5.74, 6) is -54.9. The van der Waals surface area contributed by atoms with Gasteiger partial charge in [-0.1, -0.05) is 43.5 Å². The molecule has 81 heavy (non-hydrogen) atoms. The summed E-state index contributed by atoms with van der Waals surface area (Å²) >= 11 is 6.97. The molecule has 432 valence electrons. The summed E-state index contributed by atoms with van der Waals surface area (Å²) in [7, 11) is 0. The molecule has 5 aromatic heterocycles. The van der Waals surface area contributed by atoms with E-state index in [4.69, 9.17) is 4.74 Å². The minimum absolute atomic E-state index is 0.0226. The van der Waals surface area contributed by atoms with E-state index < -0.39 is 98.7 Å². The molecule has 0 atom stereocenters. The first-order valence-corrected chi connectivity index (χ1v) is 27.8. The molecule has 0 unspecified atom stereocenters. The topological polar surface area (TPSA) is 115 Å². The third-order valence-electron chi connectivity index (χ3n) is 13.6. The number of carbonyl (C=O) groups excluding carboxylic acids is 4. The Hall–Kier alpha value is -6.17. The lowest BCUT2D eigenvalue weighted by molar-refractivity contribution is -0.452. The lowest BCUT2D eigenvalue weighted by atomic mass is 9.85. The van der Waals surface area contributed by atoms with Crippen LogP contribution in [0.25, 0.3) is 40.0 Å². The van der Waals surface area contributed by atoms with Crippen LogP contribution in [0.3, 0.4) is 0 Å². The average molecular weight is 1230 g/mol. The van der Waals surface area contributed by atoms with Crippen LogP contribution in [0.5, 0.6) is 0 Å². The number of thiophene rings is 4. The van der Waals surface area contributed by atoms with Crippen LogP contribution in [0.15, 0.2) is 77.6 Å². The number of halogens is 15. The molecule has 0 saturated heterocycles. The highest BCUT2D eigenvalue weighted by Crippen LogP contribution is 2.62. The van der Waals surface area contributed by atoms with Gasteiger partial charge in [-0.05, 0) is 96.1 Å². The van der Waals surface area contributed by atoms with Crippen LogP contribution >= 0.6 is 45.3 Å². The van der Waals surface area contributed by atoms with Gasteiger partial charge in [-0.25, -0.2) is 4.68 Å². The van der Waals surface area contributed by atoms with E-state index in [9.17, 15) is 76.3 Å². The summed E-state index contributed by atoms with van der Waals surface area (Å²) in [5.41, 5.74) is 0.625. The quantitative estimate of drug-likeness (QED) is 0.0336. The molecular formula is C52H40F15N5O5S4. The highest BCUT2D eigenvalue weighted by atomic mass is 32.1. The molecule has 0 radical (unpaired) electrons. The second-order valence-electron chi connectivity index (χ2n) is 18.9. The fourth-order valence-electron chi connectivity index (χ4n) is 9.31. The van der Waals surface area contributed by atoms with Crippen molar-refractivity contribution in [1.29, 1.82) is 0 Å². The fraction of sp³-hybridized carbons (Fsp3) is 0.385. The van der Waals surface area contributed by atoms with Gasteiger partial charge in [0.1, 0.15) is 0 Å². The Morgan fingerprint density at radius 1 is 0.519 bits per heavy atom. The zero-order chi connectivity index (χ0) is 58.8. The van der Waals surface area contributed by atoms with E-state index in [0.717, 1.165) is 36.3 Å². The number of rotatable bonds is 24. The Labute approximate surface area is 464 Å². The minimum atomic E-state index is -8.58. The number of unbranched alkanes of at least 4 members (excludes halogenated alkanes) is 3. The molecule has 10 nitrogen and oxygen atoms in total. The van der Waals surface area contributed by atoms with Gasteiger partial charge in [0.2, 0.25) is 0 Å². The predicted octanol–water partition coefficient (Wildman–Crippen LogP) is 14.9. The highest BCUT2D eigenvalue weighted by Gasteiger charge is 2.93. The van der Waals surface area contributed by atoms with Crippen LogP contribution in [0.1, 0.15) is 90.9 Å². The van der Waals surface area contributed by atoms with Crippen LogP contribution in [-0.4, -0.2) is 116 Å². The van der Waals surface area contributed by atoms with Gasteiger partial charge in [0.05, 0.1) is 38.5 Å². The van der Waals surface area contributed by atoms with Crippen LogP contribution < -0.4 is 0 Å². The van der Waals surface area contributed by atoms with E-state index in [1.165, 1.54) is 53.2 Å². The van der Waals surface area contributed by atoms with E-state index in [1.807, 2.05) is 22.8 Å². The van der Waals surface area contributed by atoms with Gasteiger partial charge < -0.3 is 4.74 Å². The maximum atomic E-state index is 15.1. The van der Waals surface area contributed by atoms with Gasteiger partial charge in [0, 0.05) is 68.5 Å². The van der Waals surface area contributed by atoms with Crippen LogP contribution in [0.2, 0.25) is 0 Å². The maximum absolute atomic E-state index is 15.1. The van der Waals surface area contributed by atoms with Crippen LogP contribution in [-0.2, 0) is 30.5 Å². The summed E-state index contributed by atoms with van der Waals surface area (Å²) in [4.78, 5) is 61.4. The van der Waals surface area contributed by atoms with Crippen LogP contribution in [0.4, 0.5) is 65.9 Å². The first kappa shape index (κ1) is 59.5. The second kappa shape index (κ2) is 21.9. The Kier molecular flexibility index (Phi) is 16.0. The van der Waals surface area contributed by atoms with E-state index >= 15 is 8.78 Å². The molecule has 2 aromatic carbocycles. The first-order chi connectivity index (χ1) is 38.0. The number of aryl methyl sites for hydroxylation is 3. The van der Waals surface area contributed by atoms with E-state index in [-0.39, 0.29) is 37.4 Å². The van der Waals surface area contributed by atoms with Gasteiger partial charge in [0.15, 0.2) is 0 Å². The number of amides is 4. The molecule has 4 amide bonds. The summed E-state index contributed by atoms with van der Waals surface area (Å²) in [6.07, 6.45) is 0.825. The Morgan fingerprint density at radius 2 is 1.01 bits per heavy atom. The molecule has 0 bridgehead atoms. The Morgan fingerprint density at radius 3 is 1.57 bits per heavy atom. The SMILES string of the molecule is CCCCCCc1cc(-c2sc(-c3cccs3)cc2CCc2cn(CCOCCN3C(=O)c4ccc5c6c(ccc(c46)C3=O)C(=O)N(CC(F)(F)C(F)(F)C(F)(F)C(F)(F)C(F)(F)C(F)(F)C(F)(F)F)C5=O)nn2)sc1-c1cccs1. The second-order valence-corrected chi connectivity index (χ2v) is 22.9. The Bertz CT molecular complexity index is 3450. The standard InChI is InChI=1S/C52H40F15N5O5S4/c1-2-3-4-5-8-27-24-37(81-40(27)35-10-7-22-79-35)41-28(23-36(80-41)34-9-6-21-78-34)11-12-29-25-70(69-68-29)17-19-77-20-18-71-42(73)30-13-15-32-39-33(16-14-31(38(30)39)43(71)74)45(76)72(44(32)75)26-46(53,54)47(55,56)48(57,58)49(59,60)50(61,62)51(63,64)52(65,66)67/h6-7,9-10,13-16,21-25H,2-5,8,11-12,17-20,26H2,1H3. The molecule has 0 N–H and O–H groups in total. The number of hydrogen-bond donors (Lipinski definition) is 0. The third kappa shape index (κ3) is 10.2. The number of nitrogens with zero attached hydrogens (tertiary/aromatic N) is 5. The van der Waals surface area contributed by atoms with Gasteiger partial charge in [-0.3, -0.25) is 29.0 Å². The fourth-order valence-corrected chi connectivity index (χ4v) is 13.6. The van der Waals surface area contributed by atoms with Crippen molar-refractivity contribution in [2.75, 3.05) is 26.3 Å². The molecule has 0 fully saturated rings. The predicted molar refractivity (Wildman–Crippen MR) is 271 cm³/mol. The van der Waals surface area contributed by atoms with Crippen molar-refractivity contribution in [3.63, 3.8) is 0 Å².